The van der Waals surface area contributed by atoms with Gasteiger partial charge in [-0.15, -0.1) is 0 Å². The lowest BCUT2D eigenvalue weighted by molar-refractivity contribution is -0.133. The Balaban J connectivity index is 1.51. The van der Waals surface area contributed by atoms with E-state index in [-0.39, 0.29) is 13.0 Å². The zero-order valence-electron chi connectivity index (χ0n) is 30.5. The molecule has 4 atom stereocenters. The summed E-state index contributed by atoms with van der Waals surface area (Å²) in [6, 6.07) is 45.0. The second-order valence-corrected chi connectivity index (χ2v) is 17.6. The van der Waals surface area contributed by atoms with Crippen LogP contribution in [0.25, 0.3) is 0 Å². The lowest BCUT2D eigenvalue weighted by Crippen LogP contribution is -2.66. The second-order valence-electron chi connectivity index (χ2n) is 13.7. The highest BCUT2D eigenvalue weighted by Gasteiger charge is 2.52. The van der Waals surface area contributed by atoms with Gasteiger partial charge in [-0.25, -0.2) is 14.4 Å². The summed E-state index contributed by atoms with van der Waals surface area (Å²) in [6.45, 7) is 7.12. The summed E-state index contributed by atoms with van der Waals surface area (Å²) in [5.74, 6) is -1.69. The number of benzene rings is 5. The van der Waals surface area contributed by atoms with Crippen molar-refractivity contribution in [3.8, 4) is 0 Å². The molecule has 5 aromatic carbocycles. The van der Waals surface area contributed by atoms with Crippen molar-refractivity contribution in [3.63, 3.8) is 0 Å². The highest BCUT2D eigenvalue weighted by Crippen LogP contribution is 2.42. The summed E-state index contributed by atoms with van der Waals surface area (Å²) in [5, 5.41) is 0.785. The fourth-order valence-corrected chi connectivity index (χ4v) is 10.1. The molecule has 0 spiro atoms. The Morgan fingerprint density at radius 3 is 1.28 bits per heavy atom. The Labute approximate surface area is 312 Å². The summed E-state index contributed by atoms with van der Waals surface area (Å²) >= 11 is 0. The molecule has 53 heavy (non-hydrogen) atoms. The first-order chi connectivity index (χ1) is 25.5. The monoisotopic (exact) mass is 730 g/mol. The quantitative estimate of drug-likeness (QED) is 0.0657. The van der Waals surface area contributed by atoms with E-state index >= 15 is 0 Å². The third-order valence-electron chi connectivity index (χ3n) is 9.46. The first-order valence-electron chi connectivity index (χ1n) is 17.7. The van der Waals surface area contributed by atoms with Crippen molar-refractivity contribution in [1.82, 2.24) is 0 Å². The van der Waals surface area contributed by atoms with Gasteiger partial charge in [0.15, 0.2) is 0 Å². The van der Waals surface area contributed by atoms with Crippen LogP contribution < -0.4 is 10.4 Å². The van der Waals surface area contributed by atoms with E-state index in [0.29, 0.717) is 16.7 Å². The average Bonchev–Trinajstić information content (AvgIpc) is 3.19. The van der Waals surface area contributed by atoms with Crippen LogP contribution in [0.5, 0.6) is 0 Å². The number of carbonyl (C=O) groups is 3. The fraction of sp³-hybridized carbons (Fsp3) is 0.250. The highest BCUT2D eigenvalue weighted by atomic mass is 28.4. The van der Waals surface area contributed by atoms with E-state index in [1.807, 2.05) is 80.6 Å². The third-order valence-corrected chi connectivity index (χ3v) is 14.0. The fourth-order valence-electron chi connectivity index (χ4n) is 6.38. The molecule has 0 amide bonds. The molecule has 8 nitrogen and oxygen atoms in total. The van der Waals surface area contributed by atoms with E-state index in [1.165, 1.54) is 0 Å². The van der Waals surface area contributed by atoms with Crippen LogP contribution in [0.3, 0.4) is 0 Å². The van der Waals surface area contributed by atoms with Crippen LogP contribution in [0.1, 0.15) is 65.2 Å². The smallest absolute Gasteiger partial charge is 0.338 e. The molecule has 5 rings (SSSR count). The molecule has 0 bridgehead atoms. The van der Waals surface area contributed by atoms with Crippen LogP contribution in [-0.2, 0) is 18.9 Å². The van der Waals surface area contributed by atoms with Crippen LogP contribution in [0.4, 0.5) is 0 Å². The maximum absolute atomic E-state index is 13.4. The van der Waals surface area contributed by atoms with E-state index < -0.39 is 55.7 Å². The van der Waals surface area contributed by atoms with Crippen molar-refractivity contribution in [2.75, 3.05) is 6.61 Å². The molecule has 0 aliphatic heterocycles. The molecule has 0 aliphatic carbocycles. The van der Waals surface area contributed by atoms with Gasteiger partial charge >= 0.3 is 17.9 Å². The van der Waals surface area contributed by atoms with Crippen molar-refractivity contribution in [2.45, 2.75) is 63.6 Å². The molecule has 0 saturated heterocycles. The lowest BCUT2D eigenvalue weighted by atomic mass is 10.00. The SMILES string of the molecule is CC(OC(=O)c1ccccc1)C(COC(=O)c1ccccc1)O[C@@H](CC(C)(C)[Si](O)(c1ccccc1)c1ccccc1)C(C)OC(=O)c1ccccc1. The zero-order chi connectivity index (χ0) is 37.8. The van der Waals surface area contributed by atoms with E-state index in [9.17, 15) is 19.2 Å². The van der Waals surface area contributed by atoms with Gasteiger partial charge in [0.05, 0.1) is 22.8 Å². The van der Waals surface area contributed by atoms with Crippen LogP contribution in [0.2, 0.25) is 5.04 Å². The molecule has 0 aromatic heterocycles. The number of hydrogen-bond acceptors (Lipinski definition) is 8. The predicted octanol–water partition coefficient (Wildman–Crippen LogP) is 7.01. The van der Waals surface area contributed by atoms with Crippen molar-refractivity contribution in [1.29, 1.82) is 0 Å². The Morgan fingerprint density at radius 2 is 0.887 bits per heavy atom. The van der Waals surface area contributed by atoms with Gasteiger partial charge in [-0.1, -0.05) is 129 Å². The minimum absolute atomic E-state index is 0.214. The Bertz CT molecular complexity index is 1870. The molecule has 0 aliphatic rings. The highest BCUT2D eigenvalue weighted by molar-refractivity contribution is 6.98. The summed E-state index contributed by atoms with van der Waals surface area (Å²) in [5.41, 5.74) is 1.07. The third kappa shape index (κ3) is 9.75. The normalized spacial score (nSPS) is 13.9. The molecular formula is C44H46O8Si. The summed E-state index contributed by atoms with van der Waals surface area (Å²) in [7, 11) is -3.56. The van der Waals surface area contributed by atoms with Gasteiger partial charge in [-0.3, -0.25) is 0 Å². The van der Waals surface area contributed by atoms with Crippen LogP contribution in [0, 0.1) is 0 Å². The van der Waals surface area contributed by atoms with Gasteiger partial charge in [-0.05, 0) is 72.1 Å². The Hall–Kier alpha value is -5.35. The predicted molar refractivity (Wildman–Crippen MR) is 207 cm³/mol. The molecule has 1 N–H and O–H groups in total. The standard InChI is InChI=1S/C44H46O8Si/c1-32(50-42(46)35-22-12-6-13-23-35)39(30-44(3,4)53(48,37-26-16-8-17-27-37)38-28-18-9-19-29-38)52-40(31-49-41(45)34-20-10-5-11-21-34)33(2)51-43(47)36-24-14-7-15-25-36/h5-29,32-33,39-40,48H,30-31H2,1-4H3/t32?,33?,39-,40?/m0/s1. The van der Waals surface area contributed by atoms with Crippen LogP contribution in [-0.4, -0.2) is 62.0 Å². The number of rotatable bonds is 16. The molecule has 0 heterocycles. The number of ether oxygens (including phenoxy) is 4. The van der Waals surface area contributed by atoms with Gasteiger partial charge in [-0.2, -0.15) is 0 Å². The lowest BCUT2D eigenvalue weighted by Gasteiger charge is -2.44. The van der Waals surface area contributed by atoms with Crippen LogP contribution in [0.15, 0.2) is 152 Å². The molecule has 0 saturated carbocycles. The molecular weight excluding hydrogens is 685 g/mol. The second kappa shape index (κ2) is 17.9. The Morgan fingerprint density at radius 1 is 0.547 bits per heavy atom. The van der Waals surface area contributed by atoms with Gasteiger partial charge < -0.3 is 23.7 Å². The first-order valence-corrected chi connectivity index (χ1v) is 19.7. The van der Waals surface area contributed by atoms with E-state index in [2.05, 4.69) is 0 Å². The molecule has 9 heteroatoms. The van der Waals surface area contributed by atoms with E-state index in [1.54, 1.807) is 98.8 Å². The summed E-state index contributed by atoms with van der Waals surface area (Å²) < 4.78 is 24.5. The number of carbonyl (C=O) groups excluding carboxylic acids is 3. The number of hydrogen-bond donors (Lipinski definition) is 1. The largest absolute Gasteiger partial charge is 0.459 e. The average molecular weight is 731 g/mol. The molecule has 0 fully saturated rings. The van der Waals surface area contributed by atoms with Crippen molar-refractivity contribution in [2.24, 2.45) is 0 Å². The first kappa shape index (κ1) is 38.9. The summed E-state index contributed by atoms with van der Waals surface area (Å²) in [4.78, 5) is 52.8. The molecule has 5 aromatic rings. The van der Waals surface area contributed by atoms with E-state index in [0.717, 1.165) is 10.4 Å². The van der Waals surface area contributed by atoms with E-state index in [4.69, 9.17) is 18.9 Å². The zero-order valence-corrected chi connectivity index (χ0v) is 31.5. The Kier molecular flexibility index (Phi) is 13.1. The van der Waals surface area contributed by atoms with Gasteiger partial charge in [0.2, 0.25) is 0 Å². The van der Waals surface area contributed by atoms with Gasteiger partial charge in [0.1, 0.15) is 24.9 Å². The topological polar surface area (TPSA) is 108 Å². The van der Waals surface area contributed by atoms with Gasteiger partial charge in [0.25, 0.3) is 8.32 Å². The molecule has 274 valence electrons. The van der Waals surface area contributed by atoms with Crippen LogP contribution >= 0.6 is 0 Å². The molecule has 3 unspecified atom stereocenters. The van der Waals surface area contributed by atoms with Crippen molar-refractivity contribution < 1.29 is 38.1 Å². The number of esters is 3. The maximum Gasteiger partial charge on any atom is 0.338 e. The summed E-state index contributed by atoms with van der Waals surface area (Å²) in [6.07, 6.45) is -3.39. The minimum Gasteiger partial charge on any atom is -0.459 e. The van der Waals surface area contributed by atoms with Crippen molar-refractivity contribution in [3.05, 3.63) is 168 Å². The maximum atomic E-state index is 13.4. The minimum atomic E-state index is -3.56. The molecule has 0 radical (unpaired) electrons. The van der Waals surface area contributed by atoms with Gasteiger partial charge in [0, 0.05) is 0 Å². The van der Waals surface area contributed by atoms with Crippen molar-refractivity contribution >= 4 is 36.6 Å².